The van der Waals surface area contributed by atoms with E-state index in [4.69, 9.17) is 0 Å². The molecule has 0 aromatic rings. The van der Waals surface area contributed by atoms with Crippen molar-refractivity contribution in [2.24, 2.45) is 17.3 Å². The van der Waals surface area contributed by atoms with Crippen molar-refractivity contribution in [2.45, 2.75) is 45.6 Å². The molecule has 2 aliphatic rings. The maximum Gasteiger partial charge on any atom is 0.0653 e. The number of rotatable bonds is 1. The zero-order chi connectivity index (χ0) is 8.28. The molecule has 0 amide bonds. The van der Waals surface area contributed by atoms with Gasteiger partial charge in [-0.05, 0) is 43.4 Å². The molecule has 64 valence electrons. The SMILES string of the molecule is CC(C)[C@@]12CC[C@@](C)(O)[C@@H]1C2. The molecule has 2 rings (SSSR count). The van der Waals surface area contributed by atoms with E-state index < -0.39 is 0 Å². The zero-order valence-corrected chi connectivity index (χ0v) is 7.72. The van der Waals surface area contributed by atoms with E-state index in [2.05, 4.69) is 13.8 Å². The first-order valence-corrected chi connectivity index (χ1v) is 4.71. The third-order valence-corrected chi connectivity index (χ3v) is 4.12. The van der Waals surface area contributed by atoms with Crippen molar-refractivity contribution in [2.75, 3.05) is 0 Å². The van der Waals surface area contributed by atoms with Crippen molar-refractivity contribution in [1.82, 2.24) is 0 Å². The van der Waals surface area contributed by atoms with Gasteiger partial charge >= 0.3 is 0 Å². The Morgan fingerprint density at radius 3 is 2.18 bits per heavy atom. The molecule has 0 spiro atoms. The maximum absolute atomic E-state index is 9.92. The van der Waals surface area contributed by atoms with Gasteiger partial charge < -0.3 is 5.11 Å². The zero-order valence-electron chi connectivity index (χ0n) is 7.72. The molecule has 3 atom stereocenters. The van der Waals surface area contributed by atoms with Crippen LogP contribution < -0.4 is 0 Å². The van der Waals surface area contributed by atoms with Gasteiger partial charge in [0.05, 0.1) is 5.60 Å². The maximum atomic E-state index is 9.92. The topological polar surface area (TPSA) is 20.2 Å². The Balaban J connectivity index is 2.17. The second-order valence-corrected chi connectivity index (χ2v) is 5.00. The number of aliphatic hydroxyl groups is 1. The minimum absolute atomic E-state index is 0.329. The fraction of sp³-hybridized carbons (Fsp3) is 1.00. The lowest BCUT2D eigenvalue weighted by Gasteiger charge is -2.17. The third kappa shape index (κ3) is 0.807. The van der Waals surface area contributed by atoms with Crippen LogP contribution in [0.2, 0.25) is 0 Å². The van der Waals surface area contributed by atoms with Gasteiger partial charge in [0.25, 0.3) is 0 Å². The average molecular weight is 154 g/mol. The first-order valence-electron chi connectivity index (χ1n) is 4.71. The van der Waals surface area contributed by atoms with E-state index in [1.165, 1.54) is 12.8 Å². The van der Waals surface area contributed by atoms with Crippen LogP contribution in [0.3, 0.4) is 0 Å². The van der Waals surface area contributed by atoms with Crippen LogP contribution in [0.1, 0.15) is 40.0 Å². The van der Waals surface area contributed by atoms with E-state index in [0.717, 1.165) is 12.3 Å². The Morgan fingerprint density at radius 1 is 1.36 bits per heavy atom. The fourth-order valence-electron chi connectivity index (χ4n) is 3.02. The molecule has 0 radical (unpaired) electrons. The van der Waals surface area contributed by atoms with Gasteiger partial charge in [-0.25, -0.2) is 0 Å². The number of hydrogen-bond donors (Lipinski definition) is 1. The summed E-state index contributed by atoms with van der Waals surface area (Å²) >= 11 is 0. The molecule has 1 N–H and O–H groups in total. The van der Waals surface area contributed by atoms with Crippen LogP contribution in [0, 0.1) is 17.3 Å². The van der Waals surface area contributed by atoms with E-state index >= 15 is 0 Å². The summed E-state index contributed by atoms with van der Waals surface area (Å²) in [4.78, 5) is 0. The highest BCUT2D eigenvalue weighted by Crippen LogP contribution is 2.70. The minimum Gasteiger partial charge on any atom is -0.390 e. The number of hydrogen-bond acceptors (Lipinski definition) is 1. The first kappa shape index (κ1) is 7.60. The van der Waals surface area contributed by atoms with E-state index in [1.807, 2.05) is 6.92 Å². The molecular formula is C10H18O. The molecule has 2 fully saturated rings. The summed E-state index contributed by atoms with van der Waals surface area (Å²) in [5.74, 6) is 1.39. The lowest BCUT2D eigenvalue weighted by atomic mass is 9.90. The quantitative estimate of drug-likeness (QED) is 0.614. The summed E-state index contributed by atoms with van der Waals surface area (Å²) in [5, 5.41) is 9.92. The van der Waals surface area contributed by atoms with Gasteiger partial charge in [-0.3, -0.25) is 0 Å². The van der Waals surface area contributed by atoms with Gasteiger partial charge in [0.15, 0.2) is 0 Å². The molecule has 0 aromatic carbocycles. The van der Waals surface area contributed by atoms with Crippen molar-refractivity contribution < 1.29 is 5.11 Å². The molecule has 2 aliphatic carbocycles. The minimum atomic E-state index is -0.329. The van der Waals surface area contributed by atoms with Gasteiger partial charge in [0.1, 0.15) is 0 Å². The number of fused-ring (bicyclic) bond motifs is 1. The molecule has 0 aromatic heterocycles. The van der Waals surface area contributed by atoms with Crippen molar-refractivity contribution >= 4 is 0 Å². The molecule has 2 saturated carbocycles. The van der Waals surface area contributed by atoms with Gasteiger partial charge in [-0.2, -0.15) is 0 Å². The molecule has 11 heavy (non-hydrogen) atoms. The normalized spacial score (nSPS) is 54.8. The van der Waals surface area contributed by atoms with Crippen LogP contribution in [0.15, 0.2) is 0 Å². The van der Waals surface area contributed by atoms with Crippen LogP contribution in [-0.2, 0) is 0 Å². The standard InChI is InChI=1S/C10H18O/c1-7(2)10-5-4-9(3,11)8(10)6-10/h7-8,11H,4-6H2,1-3H3/t8-,9+,10-/m0/s1. The highest BCUT2D eigenvalue weighted by Gasteiger charge is 2.67. The molecule has 1 heteroatoms. The van der Waals surface area contributed by atoms with Gasteiger partial charge in [0, 0.05) is 0 Å². The van der Waals surface area contributed by atoms with Crippen molar-refractivity contribution in [3.63, 3.8) is 0 Å². The van der Waals surface area contributed by atoms with Crippen molar-refractivity contribution in [3.05, 3.63) is 0 Å². The smallest absolute Gasteiger partial charge is 0.0653 e. The Labute approximate surface area is 68.8 Å². The Hall–Kier alpha value is -0.0400. The van der Waals surface area contributed by atoms with Crippen LogP contribution in [-0.4, -0.2) is 10.7 Å². The molecule has 0 saturated heterocycles. The lowest BCUT2D eigenvalue weighted by molar-refractivity contribution is 0.0426. The van der Waals surface area contributed by atoms with Crippen LogP contribution in [0.5, 0.6) is 0 Å². The van der Waals surface area contributed by atoms with Gasteiger partial charge in [-0.1, -0.05) is 13.8 Å². The summed E-state index contributed by atoms with van der Waals surface area (Å²) in [5.41, 5.74) is 0.216. The fourth-order valence-corrected chi connectivity index (χ4v) is 3.02. The molecule has 0 aliphatic heterocycles. The summed E-state index contributed by atoms with van der Waals surface area (Å²) < 4.78 is 0. The van der Waals surface area contributed by atoms with Crippen LogP contribution in [0.4, 0.5) is 0 Å². The van der Waals surface area contributed by atoms with Crippen molar-refractivity contribution in [1.29, 1.82) is 0 Å². The summed E-state index contributed by atoms with van der Waals surface area (Å²) in [6.07, 6.45) is 3.55. The first-order chi connectivity index (χ1) is 4.99. The molecule has 0 unspecified atom stereocenters. The van der Waals surface area contributed by atoms with Crippen LogP contribution >= 0.6 is 0 Å². The predicted octanol–water partition coefficient (Wildman–Crippen LogP) is 2.19. The third-order valence-electron chi connectivity index (χ3n) is 4.12. The predicted molar refractivity (Wildman–Crippen MR) is 45.2 cm³/mol. The average Bonchev–Trinajstić information content (AvgIpc) is 2.54. The monoisotopic (exact) mass is 154 g/mol. The lowest BCUT2D eigenvalue weighted by Crippen LogP contribution is -2.23. The van der Waals surface area contributed by atoms with Gasteiger partial charge in [-0.15, -0.1) is 0 Å². The van der Waals surface area contributed by atoms with Gasteiger partial charge in [0.2, 0.25) is 0 Å². The van der Waals surface area contributed by atoms with E-state index in [9.17, 15) is 5.11 Å². The van der Waals surface area contributed by atoms with Crippen molar-refractivity contribution in [3.8, 4) is 0 Å². The Bertz CT molecular complexity index is 183. The summed E-state index contributed by atoms with van der Waals surface area (Å²) in [7, 11) is 0. The van der Waals surface area contributed by atoms with E-state index in [-0.39, 0.29) is 5.60 Å². The van der Waals surface area contributed by atoms with Crippen LogP contribution in [0.25, 0.3) is 0 Å². The highest BCUT2D eigenvalue weighted by molar-refractivity contribution is 5.16. The Kier molecular flexibility index (Phi) is 1.26. The second kappa shape index (κ2) is 1.82. The summed E-state index contributed by atoms with van der Waals surface area (Å²) in [6, 6.07) is 0. The molecule has 1 nitrogen and oxygen atoms in total. The highest BCUT2D eigenvalue weighted by atomic mass is 16.3. The summed E-state index contributed by atoms with van der Waals surface area (Å²) in [6.45, 7) is 6.59. The van der Waals surface area contributed by atoms with E-state index in [0.29, 0.717) is 11.3 Å². The largest absolute Gasteiger partial charge is 0.390 e. The molecule has 0 bridgehead atoms. The molecule has 0 heterocycles. The molecular weight excluding hydrogens is 136 g/mol. The second-order valence-electron chi connectivity index (χ2n) is 5.00. The Morgan fingerprint density at radius 2 is 2.00 bits per heavy atom. The van der Waals surface area contributed by atoms with E-state index in [1.54, 1.807) is 0 Å².